The van der Waals surface area contributed by atoms with Crippen LogP contribution in [0.3, 0.4) is 0 Å². The van der Waals surface area contributed by atoms with E-state index in [2.05, 4.69) is 25.2 Å². The van der Waals surface area contributed by atoms with Gasteiger partial charge in [0.05, 0.1) is 12.1 Å². The maximum Gasteiger partial charge on any atom is 0.273 e. The average Bonchev–Trinajstić information content (AvgIpc) is 3.40. The minimum absolute atomic E-state index is 0.0303. The fourth-order valence-electron chi connectivity index (χ4n) is 4.40. The number of thiazole rings is 1. The molecule has 7 nitrogen and oxygen atoms in total. The number of alkyl halides is 2. The molecule has 0 spiro atoms. The number of fused-ring (bicyclic) bond motifs is 1. The number of ether oxygens (including phenoxy) is 1. The first-order chi connectivity index (χ1) is 15.0. The molecule has 2 N–H and O–H groups in total. The second-order valence-corrected chi connectivity index (χ2v) is 9.41. The quantitative estimate of drug-likeness (QED) is 0.609. The molecule has 3 heterocycles. The Labute approximate surface area is 184 Å². The third kappa shape index (κ3) is 6.46. The number of rotatable bonds is 9. The Bertz CT molecular complexity index is 837. The molecular formula is C21H29F2N5O2S. The van der Waals surface area contributed by atoms with E-state index in [0.29, 0.717) is 23.4 Å². The Morgan fingerprint density at radius 1 is 1.35 bits per heavy atom. The lowest BCUT2D eigenvalue weighted by atomic mass is 9.84. The molecule has 2 aliphatic rings. The van der Waals surface area contributed by atoms with Gasteiger partial charge in [0.25, 0.3) is 11.6 Å². The number of hydrogen-bond donors (Lipinski definition) is 2. The summed E-state index contributed by atoms with van der Waals surface area (Å²) in [5, 5.41) is 3.50. The number of halogens is 2. The molecule has 1 saturated carbocycles. The van der Waals surface area contributed by atoms with E-state index < -0.39 is 13.0 Å². The van der Waals surface area contributed by atoms with Crippen molar-refractivity contribution in [3.63, 3.8) is 0 Å². The highest BCUT2D eigenvalue weighted by Crippen LogP contribution is 2.31. The van der Waals surface area contributed by atoms with Crippen LogP contribution in [0.4, 0.5) is 8.78 Å². The molecular weight excluding hydrogens is 424 g/mol. The summed E-state index contributed by atoms with van der Waals surface area (Å²) in [4.78, 5) is 27.2. The van der Waals surface area contributed by atoms with Crippen LogP contribution in [0, 0.1) is 5.92 Å². The number of amides is 1. The topological polar surface area (TPSA) is 83.1 Å². The SMILES string of the molecule is O=C(Cc1ncc[nH]1)NC1CCC(CCN2CCc3sc(OCC(F)F)nc3C2)CC1. The van der Waals surface area contributed by atoms with E-state index in [9.17, 15) is 13.6 Å². The van der Waals surface area contributed by atoms with Gasteiger partial charge in [0.15, 0.2) is 6.61 Å². The summed E-state index contributed by atoms with van der Waals surface area (Å²) in [6.07, 6.45) is 7.57. The molecule has 0 aromatic carbocycles. The molecule has 1 fully saturated rings. The maximum absolute atomic E-state index is 12.3. The number of carbonyl (C=O) groups is 1. The lowest BCUT2D eigenvalue weighted by Crippen LogP contribution is -2.39. The number of hydrogen-bond acceptors (Lipinski definition) is 6. The van der Waals surface area contributed by atoms with E-state index in [1.54, 1.807) is 12.4 Å². The van der Waals surface area contributed by atoms with Crippen LogP contribution in [0.2, 0.25) is 0 Å². The van der Waals surface area contributed by atoms with Gasteiger partial charge in [0, 0.05) is 36.4 Å². The lowest BCUT2D eigenvalue weighted by molar-refractivity contribution is -0.121. The average molecular weight is 454 g/mol. The Morgan fingerprint density at radius 3 is 2.94 bits per heavy atom. The Balaban J connectivity index is 1.15. The molecule has 31 heavy (non-hydrogen) atoms. The van der Waals surface area contributed by atoms with Crippen LogP contribution in [0.15, 0.2) is 12.4 Å². The predicted octanol–water partition coefficient (Wildman–Crippen LogP) is 3.18. The Morgan fingerprint density at radius 2 is 2.19 bits per heavy atom. The molecule has 2 aromatic heterocycles. The summed E-state index contributed by atoms with van der Waals surface area (Å²) in [5.41, 5.74) is 0.975. The van der Waals surface area contributed by atoms with Crippen LogP contribution in [0.25, 0.3) is 0 Å². The minimum atomic E-state index is -2.48. The molecule has 1 aliphatic heterocycles. The molecule has 0 bridgehead atoms. The van der Waals surface area contributed by atoms with Crippen molar-refractivity contribution in [2.45, 2.75) is 64.0 Å². The third-order valence-corrected chi connectivity index (χ3v) is 7.14. The summed E-state index contributed by atoms with van der Waals surface area (Å²) in [6.45, 7) is 2.16. The van der Waals surface area contributed by atoms with Gasteiger partial charge in [-0.1, -0.05) is 11.3 Å². The van der Waals surface area contributed by atoms with E-state index in [0.717, 1.165) is 68.7 Å². The lowest BCUT2D eigenvalue weighted by Gasteiger charge is -2.32. The van der Waals surface area contributed by atoms with Crippen LogP contribution in [0.1, 0.15) is 48.5 Å². The number of carbonyl (C=O) groups excluding carboxylic acids is 1. The first-order valence-corrected chi connectivity index (χ1v) is 11.8. The Kier molecular flexibility index (Phi) is 7.49. The zero-order chi connectivity index (χ0) is 21.6. The largest absolute Gasteiger partial charge is 0.464 e. The monoisotopic (exact) mass is 453 g/mol. The normalized spacial score (nSPS) is 21.8. The molecule has 0 radical (unpaired) electrons. The molecule has 1 amide bonds. The van der Waals surface area contributed by atoms with Gasteiger partial charge in [-0.15, -0.1) is 0 Å². The molecule has 4 rings (SSSR count). The van der Waals surface area contributed by atoms with Gasteiger partial charge in [-0.25, -0.2) is 18.7 Å². The highest BCUT2D eigenvalue weighted by molar-refractivity contribution is 7.13. The fraction of sp³-hybridized carbons (Fsp3) is 0.667. The summed E-state index contributed by atoms with van der Waals surface area (Å²) in [7, 11) is 0. The second kappa shape index (κ2) is 10.5. The van der Waals surface area contributed by atoms with Gasteiger partial charge >= 0.3 is 0 Å². The molecule has 10 heteroatoms. The van der Waals surface area contributed by atoms with Gasteiger partial charge < -0.3 is 15.0 Å². The second-order valence-electron chi connectivity index (χ2n) is 8.36. The van der Waals surface area contributed by atoms with E-state index >= 15 is 0 Å². The van der Waals surface area contributed by atoms with Gasteiger partial charge in [-0.2, -0.15) is 0 Å². The van der Waals surface area contributed by atoms with Crippen molar-refractivity contribution in [1.29, 1.82) is 0 Å². The van der Waals surface area contributed by atoms with Crippen LogP contribution < -0.4 is 10.1 Å². The van der Waals surface area contributed by atoms with Crippen molar-refractivity contribution in [2.75, 3.05) is 19.7 Å². The van der Waals surface area contributed by atoms with Crippen molar-refractivity contribution >= 4 is 17.2 Å². The standard InChI is InChI=1S/C21H29F2N5O2S/c22-18(23)13-30-21-27-16-12-28(10-6-17(16)31-21)9-5-14-1-3-15(4-2-14)26-20(29)11-19-24-7-8-25-19/h7-8,14-15,18H,1-6,9-13H2,(H,24,25)(H,26,29). The molecule has 0 atom stereocenters. The minimum Gasteiger partial charge on any atom is -0.464 e. The number of nitrogens with one attached hydrogen (secondary N) is 2. The highest BCUT2D eigenvalue weighted by atomic mass is 32.1. The fourth-order valence-corrected chi connectivity index (χ4v) is 5.32. The number of H-pyrrole nitrogens is 1. The van der Waals surface area contributed by atoms with Crippen LogP contribution in [-0.4, -0.2) is 57.9 Å². The number of nitrogens with zero attached hydrogens (tertiary/aromatic N) is 3. The number of aromatic nitrogens is 3. The van der Waals surface area contributed by atoms with Crippen LogP contribution in [-0.2, 0) is 24.2 Å². The zero-order valence-electron chi connectivity index (χ0n) is 17.5. The van der Waals surface area contributed by atoms with E-state index in [4.69, 9.17) is 4.74 Å². The van der Waals surface area contributed by atoms with E-state index in [1.165, 1.54) is 11.3 Å². The van der Waals surface area contributed by atoms with Crippen LogP contribution >= 0.6 is 11.3 Å². The van der Waals surface area contributed by atoms with Crippen molar-refractivity contribution in [3.8, 4) is 5.19 Å². The Hall–Kier alpha value is -2.07. The van der Waals surface area contributed by atoms with Gasteiger partial charge in [-0.05, 0) is 51.0 Å². The van der Waals surface area contributed by atoms with Gasteiger partial charge in [0.2, 0.25) is 5.91 Å². The van der Waals surface area contributed by atoms with Gasteiger partial charge in [0.1, 0.15) is 5.82 Å². The van der Waals surface area contributed by atoms with Crippen molar-refractivity contribution in [2.24, 2.45) is 5.92 Å². The molecule has 170 valence electrons. The van der Waals surface area contributed by atoms with Crippen molar-refractivity contribution in [3.05, 3.63) is 28.8 Å². The number of aromatic amines is 1. The van der Waals surface area contributed by atoms with E-state index in [-0.39, 0.29) is 11.9 Å². The zero-order valence-corrected chi connectivity index (χ0v) is 18.3. The summed E-state index contributed by atoms with van der Waals surface area (Å²) in [6, 6.07) is 0.262. The summed E-state index contributed by atoms with van der Waals surface area (Å²) >= 11 is 1.40. The molecule has 2 aromatic rings. The van der Waals surface area contributed by atoms with E-state index in [1.807, 2.05) is 0 Å². The molecule has 1 aliphatic carbocycles. The van der Waals surface area contributed by atoms with Gasteiger partial charge in [-0.3, -0.25) is 9.69 Å². The number of imidazole rings is 1. The van der Waals surface area contributed by atoms with Crippen molar-refractivity contribution in [1.82, 2.24) is 25.2 Å². The van der Waals surface area contributed by atoms with Crippen LogP contribution in [0.5, 0.6) is 5.19 Å². The highest BCUT2D eigenvalue weighted by Gasteiger charge is 2.25. The van der Waals surface area contributed by atoms with Crippen molar-refractivity contribution < 1.29 is 18.3 Å². The maximum atomic E-state index is 12.3. The first-order valence-electron chi connectivity index (χ1n) is 10.9. The smallest absolute Gasteiger partial charge is 0.273 e. The predicted molar refractivity (Wildman–Crippen MR) is 113 cm³/mol. The molecule has 0 unspecified atom stereocenters. The summed E-state index contributed by atoms with van der Waals surface area (Å²) in [5.74, 6) is 1.41. The summed E-state index contributed by atoms with van der Waals surface area (Å²) < 4.78 is 29.7. The molecule has 0 saturated heterocycles. The third-order valence-electron chi connectivity index (χ3n) is 6.07. The first kappa shape index (κ1) is 22.1.